The lowest BCUT2D eigenvalue weighted by Gasteiger charge is -2.33. The van der Waals surface area contributed by atoms with Crippen molar-refractivity contribution in [2.24, 2.45) is 11.8 Å². The molecule has 1 aromatic carbocycles. The Balaban J connectivity index is 1.79. The summed E-state index contributed by atoms with van der Waals surface area (Å²) in [6.07, 6.45) is 3.75. The standard InChI is InChI=1S/C22H25NO4/c1-12(2)11-17-22-10-9-16(27-22)18(21(25)26)19(22)20(24)23(17)15-7-5-14(6-8-15)13(3)4/h5-10,13,16-19H,1,11H2,2-4H3,(H,25,26). The molecule has 3 aliphatic heterocycles. The number of aliphatic carboxylic acids is 1. The number of carboxylic acid groups (broad SMARTS) is 1. The second-order valence-corrected chi connectivity index (χ2v) is 8.27. The molecule has 5 heteroatoms. The van der Waals surface area contributed by atoms with Crippen LogP contribution in [0.5, 0.6) is 0 Å². The van der Waals surface area contributed by atoms with Gasteiger partial charge in [0.1, 0.15) is 11.5 Å². The van der Waals surface area contributed by atoms with Gasteiger partial charge in [0.15, 0.2) is 0 Å². The van der Waals surface area contributed by atoms with Crippen LogP contribution in [0.2, 0.25) is 0 Å². The molecule has 142 valence electrons. The average molecular weight is 367 g/mol. The van der Waals surface area contributed by atoms with Gasteiger partial charge < -0.3 is 14.7 Å². The van der Waals surface area contributed by atoms with E-state index < -0.39 is 29.5 Å². The summed E-state index contributed by atoms with van der Waals surface area (Å²) in [5, 5.41) is 9.72. The Morgan fingerprint density at radius 1 is 1.33 bits per heavy atom. The van der Waals surface area contributed by atoms with E-state index in [1.807, 2.05) is 37.3 Å². The maximum atomic E-state index is 13.4. The Morgan fingerprint density at radius 3 is 2.56 bits per heavy atom. The van der Waals surface area contributed by atoms with Crippen LogP contribution in [0, 0.1) is 11.8 Å². The van der Waals surface area contributed by atoms with Gasteiger partial charge in [-0.15, -0.1) is 6.58 Å². The normalized spacial score (nSPS) is 33.8. The Hall–Kier alpha value is -2.40. The first-order valence-electron chi connectivity index (χ1n) is 9.43. The van der Waals surface area contributed by atoms with E-state index in [0.29, 0.717) is 12.3 Å². The smallest absolute Gasteiger partial charge is 0.310 e. The number of fused-ring (bicyclic) bond motifs is 1. The van der Waals surface area contributed by atoms with Crippen molar-refractivity contribution >= 4 is 17.6 Å². The zero-order valence-electron chi connectivity index (χ0n) is 15.9. The van der Waals surface area contributed by atoms with E-state index in [4.69, 9.17) is 4.74 Å². The molecule has 2 bridgehead atoms. The minimum atomic E-state index is -0.976. The minimum Gasteiger partial charge on any atom is -0.481 e. The highest BCUT2D eigenvalue weighted by Gasteiger charge is 2.71. The first kappa shape index (κ1) is 18.0. The lowest BCUT2D eigenvalue weighted by molar-refractivity contribution is -0.146. The number of anilines is 1. The van der Waals surface area contributed by atoms with Crippen molar-refractivity contribution in [2.45, 2.75) is 50.9 Å². The van der Waals surface area contributed by atoms with Crippen molar-refractivity contribution < 1.29 is 19.4 Å². The molecule has 3 aliphatic rings. The molecule has 2 fully saturated rings. The molecule has 5 nitrogen and oxygen atoms in total. The third-order valence-corrected chi connectivity index (χ3v) is 6.09. The quantitative estimate of drug-likeness (QED) is 0.809. The second-order valence-electron chi connectivity index (χ2n) is 8.27. The topological polar surface area (TPSA) is 66.8 Å². The fourth-order valence-corrected chi connectivity index (χ4v) is 4.84. The summed E-state index contributed by atoms with van der Waals surface area (Å²) in [5.41, 5.74) is 2.02. The van der Waals surface area contributed by atoms with Crippen LogP contribution in [-0.2, 0) is 14.3 Å². The van der Waals surface area contributed by atoms with Crippen molar-refractivity contribution in [3.8, 4) is 0 Å². The molecule has 2 saturated heterocycles. The number of carbonyl (C=O) groups excluding carboxylic acids is 1. The molecule has 1 spiro atoms. The van der Waals surface area contributed by atoms with Gasteiger partial charge >= 0.3 is 5.97 Å². The van der Waals surface area contributed by atoms with E-state index in [0.717, 1.165) is 11.3 Å². The highest BCUT2D eigenvalue weighted by molar-refractivity contribution is 6.03. The molecule has 1 N–H and O–H groups in total. The highest BCUT2D eigenvalue weighted by Crippen LogP contribution is 2.56. The molecule has 0 radical (unpaired) electrons. The summed E-state index contributed by atoms with van der Waals surface area (Å²) in [6.45, 7) is 10.2. The summed E-state index contributed by atoms with van der Waals surface area (Å²) in [5.74, 6) is -2.28. The third kappa shape index (κ3) is 2.48. The number of benzene rings is 1. The fourth-order valence-electron chi connectivity index (χ4n) is 4.84. The maximum absolute atomic E-state index is 13.4. The van der Waals surface area contributed by atoms with Gasteiger partial charge in [0, 0.05) is 5.69 Å². The van der Waals surface area contributed by atoms with E-state index in [1.54, 1.807) is 11.0 Å². The third-order valence-electron chi connectivity index (χ3n) is 6.09. The number of hydrogen-bond acceptors (Lipinski definition) is 3. The fraction of sp³-hybridized carbons (Fsp3) is 0.455. The van der Waals surface area contributed by atoms with Gasteiger partial charge in [-0.2, -0.15) is 0 Å². The minimum absolute atomic E-state index is 0.169. The van der Waals surface area contributed by atoms with Crippen LogP contribution in [0.4, 0.5) is 5.69 Å². The van der Waals surface area contributed by atoms with Crippen molar-refractivity contribution in [2.75, 3.05) is 4.90 Å². The molecule has 4 rings (SSSR count). The Kier molecular flexibility index (Phi) is 4.04. The van der Waals surface area contributed by atoms with E-state index in [9.17, 15) is 14.7 Å². The van der Waals surface area contributed by atoms with Crippen molar-refractivity contribution in [3.63, 3.8) is 0 Å². The van der Waals surface area contributed by atoms with Gasteiger partial charge in [-0.3, -0.25) is 9.59 Å². The summed E-state index contributed by atoms with van der Waals surface area (Å²) in [4.78, 5) is 27.0. The van der Waals surface area contributed by atoms with Crippen molar-refractivity contribution in [3.05, 3.63) is 54.1 Å². The molecular weight excluding hydrogens is 342 g/mol. The number of ether oxygens (including phenoxy) is 1. The summed E-state index contributed by atoms with van der Waals surface area (Å²) in [6, 6.07) is 7.66. The van der Waals surface area contributed by atoms with Crippen LogP contribution >= 0.6 is 0 Å². The maximum Gasteiger partial charge on any atom is 0.310 e. The number of nitrogens with zero attached hydrogens (tertiary/aromatic N) is 1. The zero-order chi connectivity index (χ0) is 19.5. The summed E-state index contributed by atoms with van der Waals surface area (Å²) < 4.78 is 6.16. The largest absolute Gasteiger partial charge is 0.481 e. The molecular formula is C22H25NO4. The number of carboxylic acids is 1. The molecule has 1 aromatic rings. The van der Waals surface area contributed by atoms with E-state index in [2.05, 4.69) is 20.4 Å². The molecule has 0 aliphatic carbocycles. The van der Waals surface area contributed by atoms with Crippen LogP contribution in [0.1, 0.15) is 38.7 Å². The van der Waals surface area contributed by atoms with E-state index in [1.165, 1.54) is 5.56 Å². The summed E-state index contributed by atoms with van der Waals surface area (Å²) >= 11 is 0. The Labute approximate surface area is 159 Å². The predicted molar refractivity (Wildman–Crippen MR) is 103 cm³/mol. The first-order chi connectivity index (χ1) is 12.8. The lowest BCUT2D eigenvalue weighted by Crippen LogP contribution is -2.45. The number of amides is 1. The van der Waals surface area contributed by atoms with Crippen LogP contribution in [0.15, 0.2) is 48.6 Å². The number of carbonyl (C=O) groups is 2. The van der Waals surface area contributed by atoms with Crippen LogP contribution in [0.25, 0.3) is 0 Å². The zero-order valence-corrected chi connectivity index (χ0v) is 15.9. The number of hydrogen-bond donors (Lipinski definition) is 1. The monoisotopic (exact) mass is 367 g/mol. The van der Waals surface area contributed by atoms with Gasteiger partial charge in [-0.1, -0.05) is 43.7 Å². The second kappa shape index (κ2) is 6.06. The van der Waals surface area contributed by atoms with E-state index >= 15 is 0 Å². The van der Waals surface area contributed by atoms with Gasteiger partial charge in [0.25, 0.3) is 0 Å². The van der Waals surface area contributed by atoms with Crippen LogP contribution < -0.4 is 4.90 Å². The van der Waals surface area contributed by atoms with Gasteiger partial charge in [0.05, 0.1) is 18.1 Å². The van der Waals surface area contributed by atoms with Gasteiger partial charge in [-0.05, 0) is 37.0 Å². The molecule has 5 atom stereocenters. The Morgan fingerprint density at radius 2 is 2.00 bits per heavy atom. The molecule has 5 unspecified atom stereocenters. The van der Waals surface area contributed by atoms with Gasteiger partial charge in [0.2, 0.25) is 5.91 Å². The number of rotatable bonds is 5. The Bertz CT molecular complexity index is 840. The van der Waals surface area contributed by atoms with Crippen molar-refractivity contribution in [1.82, 2.24) is 0 Å². The molecule has 3 heterocycles. The highest BCUT2D eigenvalue weighted by atomic mass is 16.5. The molecule has 27 heavy (non-hydrogen) atoms. The molecule has 0 saturated carbocycles. The average Bonchev–Trinajstić information content (AvgIpc) is 3.24. The summed E-state index contributed by atoms with van der Waals surface area (Å²) in [7, 11) is 0. The van der Waals surface area contributed by atoms with Crippen LogP contribution in [0.3, 0.4) is 0 Å². The van der Waals surface area contributed by atoms with Crippen molar-refractivity contribution in [1.29, 1.82) is 0 Å². The SMILES string of the molecule is C=C(C)CC1N(c2ccc(C(C)C)cc2)C(=O)C2C(C(=O)O)C3C=CC21O3. The van der Waals surface area contributed by atoms with Gasteiger partial charge in [-0.25, -0.2) is 0 Å². The first-order valence-corrected chi connectivity index (χ1v) is 9.43. The lowest BCUT2D eigenvalue weighted by atomic mass is 9.74. The van der Waals surface area contributed by atoms with Crippen LogP contribution in [-0.4, -0.2) is 34.7 Å². The predicted octanol–water partition coefficient (Wildman–Crippen LogP) is 3.52. The van der Waals surface area contributed by atoms with E-state index in [-0.39, 0.29) is 11.9 Å². The molecule has 0 aromatic heterocycles. The molecule has 1 amide bonds.